The zero-order chi connectivity index (χ0) is 23.4. The Morgan fingerprint density at radius 3 is 2.55 bits per heavy atom. The molecule has 2 aromatic carbocycles. The highest BCUT2D eigenvalue weighted by molar-refractivity contribution is 6.04. The molecule has 0 aliphatic rings. The largest absolute Gasteiger partial charge is 0.382 e. The number of rotatable bonds is 6. The van der Waals surface area contributed by atoms with Gasteiger partial charge in [-0.2, -0.15) is 5.10 Å². The van der Waals surface area contributed by atoms with Crippen molar-refractivity contribution < 1.29 is 14.8 Å². The van der Waals surface area contributed by atoms with Crippen molar-refractivity contribution in [2.45, 2.75) is 6.10 Å². The number of fused-ring (bicyclic) bond motifs is 1. The van der Waals surface area contributed by atoms with Gasteiger partial charge in [0.15, 0.2) is 5.69 Å². The van der Waals surface area contributed by atoms with Crippen LogP contribution in [0.2, 0.25) is 0 Å². The number of hydrogen-bond donors (Lipinski definition) is 3. The number of aromatic amines is 1. The summed E-state index contributed by atoms with van der Waals surface area (Å²) in [6, 6.07) is 15.2. The normalized spacial score (nSPS) is 12.3. The molecule has 2 aromatic heterocycles. The highest BCUT2D eigenvalue weighted by Gasteiger charge is 2.23. The van der Waals surface area contributed by atoms with E-state index in [0.29, 0.717) is 5.56 Å². The standard InChI is InChI=1S/C22H16N6O5/c29-20(13-4-2-1-3-5-13)18(26-27-21(30)14-8-10-23-11-9-14)19-22(31)25-17-12-15(28(32)33)6-7-16(17)24-19/h1-12,20,29H,(H,25,31)(H,27,30)/b26-18+. The van der Waals surface area contributed by atoms with Gasteiger partial charge in [-0.3, -0.25) is 24.7 Å². The summed E-state index contributed by atoms with van der Waals surface area (Å²) in [5.74, 6) is -0.581. The highest BCUT2D eigenvalue weighted by Crippen LogP contribution is 2.20. The fourth-order valence-corrected chi connectivity index (χ4v) is 3.08. The molecule has 0 aliphatic carbocycles. The first-order chi connectivity index (χ1) is 15.9. The van der Waals surface area contributed by atoms with Gasteiger partial charge in [-0.25, -0.2) is 10.4 Å². The van der Waals surface area contributed by atoms with Crippen LogP contribution in [0, 0.1) is 10.1 Å². The molecule has 3 N–H and O–H groups in total. The molecule has 1 amide bonds. The summed E-state index contributed by atoms with van der Waals surface area (Å²) in [5.41, 5.74) is 2.00. The Labute approximate surface area is 185 Å². The summed E-state index contributed by atoms with van der Waals surface area (Å²) in [6.07, 6.45) is 1.48. The summed E-state index contributed by atoms with van der Waals surface area (Å²) in [4.78, 5) is 46.3. The van der Waals surface area contributed by atoms with E-state index in [-0.39, 0.29) is 33.7 Å². The van der Waals surface area contributed by atoms with E-state index in [0.717, 1.165) is 0 Å². The first-order valence-corrected chi connectivity index (χ1v) is 9.64. The van der Waals surface area contributed by atoms with Gasteiger partial charge in [0.05, 0.1) is 16.0 Å². The maximum absolute atomic E-state index is 12.8. The number of aliphatic hydroxyl groups excluding tert-OH is 1. The number of H-pyrrole nitrogens is 1. The van der Waals surface area contributed by atoms with Crippen molar-refractivity contribution in [2.24, 2.45) is 5.10 Å². The Bertz CT molecular complexity index is 1420. The molecule has 0 radical (unpaired) electrons. The number of pyridine rings is 1. The molecular weight excluding hydrogens is 428 g/mol. The second-order valence-corrected chi connectivity index (χ2v) is 6.86. The van der Waals surface area contributed by atoms with Crippen LogP contribution >= 0.6 is 0 Å². The second kappa shape index (κ2) is 9.16. The first kappa shape index (κ1) is 21.5. The number of hydrazone groups is 1. The Kier molecular flexibility index (Phi) is 5.96. The van der Waals surface area contributed by atoms with E-state index < -0.39 is 22.5 Å². The molecule has 0 saturated heterocycles. The average Bonchev–Trinajstić information content (AvgIpc) is 2.84. The van der Waals surface area contributed by atoms with Crippen LogP contribution in [0.4, 0.5) is 5.69 Å². The molecule has 4 rings (SSSR count). The number of aromatic nitrogens is 3. The monoisotopic (exact) mass is 444 g/mol. The number of nitrogens with one attached hydrogen (secondary N) is 2. The molecule has 0 spiro atoms. The summed E-state index contributed by atoms with van der Waals surface area (Å²) >= 11 is 0. The average molecular weight is 444 g/mol. The van der Waals surface area contributed by atoms with Gasteiger partial charge in [0, 0.05) is 30.1 Å². The molecule has 11 nitrogen and oxygen atoms in total. The van der Waals surface area contributed by atoms with Crippen molar-refractivity contribution in [1.82, 2.24) is 20.4 Å². The fraction of sp³-hybridized carbons (Fsp3) is 0.0455. The van der Waals surface area contributed by atoms with Gasteiger partial charge in [-0.05, 0) is 23.8 Å². The van der Waals surface area contributed by atoms with Crippen molar-refractivity contribution in [3.05, 3.63) is 110 Å². The number of nitro groups is 1. The second-order valence-electron chi connectivity index (χ2n) is 6.86. The van der Waals surface area contributed by atoms with Gasteiger partial charge in [-0.1, -0.05) is 30.3 Å². The minimum Gasteiger partial charge on any atom is -0.382 e. The van der Waals surface area contributed by atoms with Crippen LogP contribution in [-0.4, -0.2) is 36.6 Å². The minimum absolute atomic E-state index is 0.146. The van der Waals surface area contributed by atoms with E-state index in [1.165, 1.54) is 42.7 Å². The number of nitrogens with zero attached hydrogens (tertiary/aromatic N) is 4. The molecule has 0 bridgehead atoms. The van der Waals surface area contributed by atoms with E-state index in [1.807, 2.05) is 0 Å². The number of carbonyl (C=O) groups is 1. The van der Waals surface area contributed by atoms with Crippen molar-refractivity contribution >= 4 is 28.3 Å². The number of aliphatic hydroxyl groups is 1. The lowest BCUT2D eigenvalue weighted by atomic mass is 10.0. The Morgan fingerprint density at radius 2 is 1.85 bits per heavy atom. The summed E-state index contributed by atoms with van der Waals surface area (Å²) < 4.78 is 0. The molecule has 33 heavy (non-hydrogen) atoms. The predicted octanol–water partition coefficient (Wildman–Crippen LogP) is 2.09. The van der Waals surface area contributed by atoms with E-state index in [2.05, 4.69) is 25.5 Å². The summed E-state index contributed by atoms with van der Waals surface area (Å²) in [5, 5.41) is 26.0. The number of carbonyl (C=O) groups excluding carboxylic acids is 1. The van der Waals surface area contributed by atoms with E-state index in [1.54, 1.807) is 30.3 Å². The number of non-ortho nitro benzene ring substituents is 1. The Morgan fingerprint density at radius 1 is 1.12 bits per heavy atom. The predicted molar refractivity (Wildman–Crippen MR) is 119 cm³/mol. The van der Waals surface area contributed by atoms with Crippen LogP contribution in [0.15, 0.2) is 83.0 Å². The lowest BCUT2D eigenvalue weighted by Gasteiger charge is -2.14. The van der Waals surface area contributed by atoms with E-state index in [9.17, 15) is 24.8 Å². The van der Waals surface area contributed by atoms with Gasteiger partial charge in [0.2, 0.25) is 0 Å². The fourth-order valence-electron chi connectivity index (χ4n) is 3.08. The SMILES string of the molecule is O=C(N/N=C(\c1nc2ccc([N+](=O)[O-])cc2[nH]c1=O)C(O)c1ccccc1)c1ccncc1. The van der Waals surface area contributed by atoms with Crippen LogP contribution in [0.1, 0.15) is 27.7 Å². The maximum Gasteiger partial charge on any atom is 0.276 e. The van der Waals surface area contributed by atoms with Crippen LogP contribution in [0.25, 0.3) is 11.0 Å². The first-order valence-electron chi connectivity index (χ1n) is 9.64. The molecule has 0 fully saturated rings. The third-order valence-corrected chi connectivity index (χ3v) is 4.72. The van der Waals surface area contributed by atoms with Crippen LogP contribution in [0.5, 0.6) is 0 Å². The topological polar surface area (TPSA) is 163 Å². The quantitative estimate of drug-likeness (QED) is 0.233. The highest BCUT2D eigenvalue weighted by atomic mass is 16.6. The van der Waals surface area contributed by atoms with Gasteiger partial charge in [-0.15, -0.1) is 0 Å². The van der Waals surface area contributed by atoms with Crippen molar-refractivity contribution in [3.8, 4) is 0 Å². The summed E-state index contributed by atoms with van der Waals surface area (Å²) in [6.45, 7) is 0. The molecule has 11 heteroatoms. The van der Waals surface area contributed by atoms with Gasteiger partial charge < -0.3 is 10.1 Å². The zero-order valence-corrected chi connectivity index (χ0v) is 16.9. The van der Waals surface area contributed by atoms with E-state index >= 15 is 0 Å². The molecule has 0 saturated carbocycles. The number of benzene rings is 2. The molecular formula is C22H16N6O5. The number of nitro benzene ring substituents is 1. The van der Waals surface area contributed by atoms with Crippen LogP contribution < -0.4 is 11.0 Å². The zero-order valence-electron chi connectivity index (χ0n) is 16.9. The minimum atomic E-state index is -1.40. The van der Waals surface area contributed by atoms with E-state index in [4.69, 9.17) is 0 Å². The molecule has 4 aromatic rings. The lowest BCUT2D eigenvalue weighted by molar-refractivity contribution is -0.384. The molecule has 1 unspecified atom stereocenters. The molecule has 0 aliphatic heterocycles. The van der Waals surface area contributed by atoms with Gasteiger partial charge in [0.1, 0.15) is 11.8 Å². The Balaban J connectivity index is 1.80. The van der Waals surface area contributed by atoms with Crippen molar-refractivity contribution in [1.29, 1.82) is 0 Å². The lowest BCUT2D eigenvalue weighted by Crippen LogP contribution is -2.29. The number of hydrogen-bond acceptors (Lipinski definition) is 8. The van der Waals surface area contributed by atoms with Crippen LogP contribution in [-0.2, 0) is 0 Å². The van der Waals surface area contributed by atoms with Crippen LogP contribution in [0.3, 0.4) is 0 Å². The molecule has 164 valence electrons. The third kappa shape index (κ3) is 4.62. The van der Waals surface area contributed by atoms with Crippen molar-refractivity contribution in [3.63, 3.8) is 0 Å². The maximum atomic E-state index is 12.8. The summed E-state index contributed by atoms with van der Waals surface area (Å²) in [7, 11) is 0. The van der Waals surface area contributed by atoms with Gasteiger partial charge >= 0.3 is 0 Å². The Hall–Kier alpha value is -4.77. The smallest absolute Gasteiger partial charge is 0.276 e. The van der Waals surface area contributed by atoms with Crippen molar-refractivity contribution in [2.75, 3.05) is 0 Å². The van der Waals surface area contributed by atoms with Gasteiger partial charge in [0.25, 0.3) is 17.2 Å². The third-order valence-electron chi connectivity index (χ3n) is 4.72. The molecule has 1 atom stereocenters. The molecule has 2 heterocycles. The number of amides is 1.